The molecule has 1 unspecified atom stereocenters. The van der Waals surface area contributed by atoms with E-state index in [2.05, 4.69) is 39.9 Å². The first-order chi connectivity index (χ1) is 8.06. The van der Waals surface area contributed by atoms with E-state index in [0.717, 1.165) is 50.5 Å². The number of nitrogens with one attached hydrogen (secondary N) is 1. The second-order valence-corrected chi connectivity index (χ2v) is 5.95. The van der Waals surface area contributed by atoms with E-state index < -0.39 is 0 Å². The van der Waals surface area contributed by atoms with Gasteiger partial charge in [-0.3, -0.25) is 0 Å². The van der Waals surface area contributed by atoms with Gasteiger partial charge in [0.05, 0.1) is 0 Å². The minimum absolute atomic E-state index is 0.742. The Bertz CT molecular complexity index is 157. The van der Waals surface area contributed by atoms with Crippen molar-refractivity contribution in [3.8, 4) is 0 Å². The number of rotatable bonds is 11. The first kappa shape index (κ1) is 16.9. The SMILES string of the molecule is CCCOCCC(CNCC(C)C)CC(C)C. The summed E-state index contributed by atoms with van der Waals surface area (Å²) in [5.41, 5.74) is 0. The highest BCUT2D eigenvalue weighted by atomic mass is 16.5. The Morgan fingerprint density at radius 2 is 1.65 bits per heavy atom. The maximum absolute atomic E-state index is 5.59. The molecule has 0 aliphatic rings. The highest BCUT2D eigenvalue weighted by Crippen LogP contribution is 2.15. The zero-order chi connectivity index (χ0) is 13.1. The summed E-state index contributed by atoms with van der Waals surface area (Å²) in [5.74, 6) is 2.30. The standard InChI is InChI=1S/C15H33NO/c1-6-8-17-9-7-15(10-13(2)3)12-16-11-14(4)5/h13-16H,6-12H2,1-5H3. The molecular weight excluding hydrogens is 210 g/mol. The Morgan fingerprint density at radius 3 is 2.18 bits per heavy atom. The Hall–Kier alpha value is -0.0800. The van der Waals surface area contributed by atoms with Crippen LogP contribution in [-0.2, 0) is 4.74 Å². The molecule has 0 radical (unpaired) electrons. The van der Waals surface area contributed by atoms with Gasteiger partial charge in [-0.2, -0.15) is 0 Å². The minimum atomic E-state index is 0.742. The maximum atomic E-state index is 5.59. The van der Waals surface area contributed by atoms with Crippen LogP contribution in [0.1, 0.15) is 53.9 Å². The van der Waals surface area contributed by atoms with Gasteiger partial charge in [0.15, 0.2) is 0 Å². The summed E-state index contributed by atoms with van der Waals surface area (Å²) in [6, 6.07) is 0. The van der Waals surface area contributed by atoms with Crippen LogP contribution in [0.15, 0.2) is 0 Å². The fourth-order valence-corrected chi connectivity index (χ4v) is 2.04. The Balaban J connectivity index is 3.71. The normalized spacial score (nSPS) is 13.6. The van der Waals surface area contributed by atoms with Crippen molar-refractivity contribution in [2.45, 2.75) is 53.9 Å². The van der Waals surface area contributed by atoms with Crippen LogP contribution >= 0.6 is 0 Å². The molecule has 0 saturated carbocycles. The monoisotopic (exact) mass is 243 g/mol. The zero-order valence-corrected chi connectivity index (χ0v) is 12.6. The molecule has 1 atom stereocenters. The smallest absolute Gasteiger partial charge is 0.0469 e. The maximum Gasteiger partial charge on any atom is 0.0469 e. The summed E-state index contributed by atoms with van der Waals surface area (Å²) in [5, 5.41) is 3.58. The number of hydrogen-bond acceptors (Lipinski definition) is 2. The molecule has 0 aromatic heterocycles. The van der Waals surface area contributed by atoms with Gasteiger partial charge in [-0.05, 0) is 50.1 Å². The van der Waals surface area contributed by atoms with Crippen LogP contribution < -0.4 is 5.32 Å². The molecule has 0 heterocycles. The third-order valence-electron chi connectivity index (χ3n) is 2.81. The van der Waals surface area contributed by atoms with Crippen LogP contribution in [0.4, 0.5) is 0 Å². The fourth-order valence-electron chi connectivity index (χ4n) is 2.04. The molecule has 0 aromatic rings. The summed E-state index contributed by atoms with van der Waals surface area (Å²) in [6.45, 7) is 15.4. The van der Waals surface area contributed by atoms with Crippen molar-refractivity contribution in [2.24, 2.45) is 17.8 Å². The highest BCUT2D eigenvalue weighted by Gasteiger charge is 2.10. The van der Waals surface area contributed by atoms with Gasteiger partial charge in [0, 0.05) is 13.2 Å². The molecule has 2 heteroatoms. The van der Waals surface area contributed by atoms with Crippen molar-refractivity contribution in [1.82, 2.24) is 5.32 Å². The van der Waals surface area contributed by atoms with Crippen molar-refractivity contribution in [2.75, 3.05) is 26.3 Å². The lowest BCUT2D eigenvalue weighted by Crippen LogP contribution is -2.28. The van der Waals surface area contributed by atoms with Crippen LogP contribution in [0.3, 0.4) is 0 Å². The van der Waals surface area contributed by atoms with Gasteiger partial charge in [0.25, 0.3) is 0 Å². The van der Waals surface area contributed by atoms with E-state index in [9.17, 15) is 0 Å². The largest absolute Gasteiger partial charge is 0.381 e. The van der Waals surface area contributed by atoms with Crippen LogP contribution in [0.25, 0.3) is 0 Å². The van der Waals surface area contributed by atoms with Crippen molar-refractivity contribution in [1.29, 1.82) is 0 Å². The van der Waals surface area contributed by atoms with E-state index in [1.54, 1.807) is 0 Å². The highest BCUT2D eigenvalue weighted by molar-refractivity contribution is 4.65. The van der Waals surface area contributed by atoms with Gasteiger partial charge in [-0.15, -0.1) is 0 Å². The molecule has 0 aliphatic heterocycles. The first-order valence-corrected chi connectivity index (χ1v) is 7.34. The molecule has 0 bridgehead atoms. The summed E-state index contributed by atoms with van der Waals surface area (Å²) >= 11 is 0. The van der Waals surface area contributed by atoms with E-state index in [0.29, 0.717) is 0 Å². The molecule has 104 valence electrons. The van der Waals surface area contributed by atoms with Crippen LogP contribution in [0, 0.1) is 17.8 Å². The number of hydrogen-bond donors (Lipinski definition) is 1. The quantitative estimate of drug-likeness (QED) is 0.559. The van der Waals surface area contributed by atoms with Crippen molar-refractivity contribution >= 4 is 0 Å². The molecule has 17 heavy (non-hydrogen) atoms. The van der Waals surface area contributed by atoms with Gasteiger partial charge in [-0.1, -0.05) is 34.6 Å². The average Bonchev–Trinajstić information content (AvgIpc) is 2.22. The predicted octanol–water partition coefficient (Wildman–Crippen LogP) is 3.71. The minimum Gasteiger partial charge on any atom is -0.381 e. The van der Waals surface area contributed by atoms with Crippen molar-refractivity contribution in [3.05, 3.63) is 0 Å². The molecule has 0 aromatic carbocycles. The average molecular weight is 243 g/mol. The van der Waals surface area contributed by atoms with Gasteiger partial charge in [-0.25, -0.2) is 0 Å². The van der Waals surface area contributed by atoms with Gasteiger partial charge in [0.1, 0.15) is 0 Å². The zero-order valence-electron chi connectivity index (χ0n) is 12.6. The molecule has 1 N–H and O–H groups in total. The van der Waals surface area contributed by atoms with Crippen molar-refractivity contribution < 1.29 is 4.74 Å². The lowest BCUT2D eigenvalue weighted by Gasteiger charge is -2.20. The van der Waals surface area contributed by atoms with E-state index in [1.807, 2.05) is 0 Å². The van der Waals surface area contributed by atoms with E-state index in [-0.39, 0.29) is 0 Å². The molecule has 2 nitrogen and oxygen atoms in total. The van der Waals surface area contributed by atoms with Gasteiger partial charge >= 0.3 is 0 Å². The molecule has 0 amide bonds. The molecule has 0 rings (SSSR count). The topological polar surface area (TPSA) is 21.3 Å². The third-order valence-corrected chi connectivity index (χ3v) is 2.81. The molecular formula is C15H33NO. The van der Waals surface area contributed by atoms with E-state index in [4.69, 9.17) is 4.74 Å². The molecule has 0 aliphatic carbocycles. The fraction of sp³-hybridized carbons (Fsp3) is 1.00. The molecule has 0 fully saturated rings. The Kier molecular flexibility index (Phi) is 11.0. The lowest BCUT2D eigenvalue weighted by atomic mass is 9.94. The second kappa shape index (κ2) is 11.0. The third kappa shape index (κ3) is 12.2. The van der Waals surface area contributed by atoms with Gasteiger partial charge < -0.3 is 10.1 Å². The van der Waals surface area contributed by atoms with Crippen molar-refractivity contribution in [3.63, 3.8) is 0 Å². The summed E-state index contributed by atoms with van der Waals surface area (Å²) in [7, 11) is 0. The number of ether oxygens (including phenoxy) is 1. The van der Waals surface area contributed by atoms with E-state index in [1.165, 1.54) is 12.8 Å². The Morgan fingerprint density at radius 1 is 0.941 bits per heavy atom. The second-order valence-electron chi connectivity index (χ2n) is 5.95. The van der Waals surface area contributed by atoms with Crippen LogP contribution in [-0.4, -0.2) is 26.3 Å². The Labute approximate surface area is 109 Å². The van der Waals surface area contributed by atoms with Gasteiger partial charge in [0.2, 0.25) is 0 Å². The van der Waals surface area contributed by atoms with E-state index >= 15 is 0 Å². The summed E-state index contributed by atoms with van der Waals surface area (Å²) < 4.78 is 5.59. The molecule has 0 saturated heterocycles. The van der Waals surface area contributed by atoms with Crippen LogP contribution in [0.5, 0.6) is 0 Å². The predicted molar refractivity (Wildman–Crippen MR) is 76.4 cm³/mol. The summed E-state index contributed by atoms with van der Waals surface area (Å²) in [6.07, 6.45) is 3.63. The summed E-state index contributed by atoms with van der Waals surface area (Å²) in [4.78, 5) is 0. The lowest BCUT2D eigenvalue weighted by molar-refractivity contribution is 0.117. The van der Waals surface area contributed by atoms with Crippen LogP contribution in [0.2, 0.25) is 0 Å². The first-order valence-electron chi connectivity index (χ1n) is 7.34. The molecule has 0 spiro atoms.